The molecule has 2 aliphatic rings. The molecule has 1 aromatic carbocycles. The standard InChI is InChI=1S/C20H28N2O2/c1-14-5-10-18(15(2)13-14)21-19(23)16-6-8-17(9-7-16)20(24)22-11-3-4-12-22/h5,10,13,16-17H,3-4,6-9,11-12H2,1-2H3,(H,21,23). The average molecular weight is 328 g/mol. The molecule has 1 saturated heterocycles. The predicted molar refractivity (Wildman–Crippen MR) is 95.8 cm³/mol. The smallest absolute Gasteiger partial charge is 0.227 e. The molecule has 4 heteroatoms. The lowest BCUT2D eigenvalue weighted by molar-refractivity contribution is -0.136. The van der Waals surface area contributed by atoms with Crippen LogP contribution in [-0.2, 0) is 9.59 Å². The summed E-state index contributed by atoms with van der Waals surface area (Å²) in [7, 11) is 0. The third kappa shape index (κ3) is 3.80. The van der Waals surface area contributed by atoms with Crippen molar-refractivity contribution in [2.24, 2.45) is 11.8 Å². The van der Waals surface area contributed by atoms with Gasteiger partial charge in [-0.2, -0.15) is 0 Å². The number of nitrogens with zero attached hydrogens (tertiary/aromatic N) is 1. The number of carbonyl (C=O) groups excluding carboxylic acids is 2. The first-order valence-corrected chi connectivity index (χ1v) is 9.21. The van der Waals surface area contributed by atoms with Crippen LogP contribution in [0.25, 0.3) is 0 Å². The maximum atomic E-state index is 12.5. The van der Waals surface area contributed by atoms with E-state index in [2.05, 4.69) is 18.3 Å². The highest BCUT2D eigenvalue weighted by atomic mass is 16.2. The second-order valence-electron chi connectivity index (χ2n) is 7.39. The van der Waals surface area contributed by atoms with E-state index < -0.39 is 0 Å². The zero-order valence-electron chi connectivity index (χ0n) is 14.8. The molecule has 1 saturated carbocycles. The number of aryl methyl sites for hydroxylation is 2. The summed E-state index contributed by atoms with van der Waals surface area (Å²) in [6, 6.07) is 6.08. The summed E-state index contributed by atoms with van der Waals surface area (Å²) >= 11 is 0. The van der Waals surface area contributed by atoms with E-state index in [4.69, 9.17) is 0 Å². The molecule has 2 fully saturated rings. The number of rotatable bonds is 3. The second kappa shape index (κ2) is 7.37. The molecule has 24 heavy (non-hydrogen) atoms. The van der Waals surface area contributed by atoms with E-state index in [0.717, 1.165) is 62.9 Å². The molecular weight excluding hydrogens is 300 g/mol. The lowest BCUT2D eigenvalue weighted by Gasteiger charge is -2.30. The summed E-state index contributed by atoms with van der Waals surface area (Å²) < 4.78 is 0. The van der Waals surface area contributed by atoms with Gasteiger partial charge in [-0.3, -0.25) is 9.59 Å². The zero-order chi connectivity index (χ0) is 17.1. The third-order valence-corrected chi connectivity index (χ3v) is 5.50. The lowest BCUT2D eigenvalue weighted by atomic mass is 9.81. The van der Waals surface area contributed by atoms with Crippen molar-refractivity contribution in [2.45, 2.75) is 52.4 Å². The number of carbonyl (C=O) groups is 2. The van der Waals surface area contributed by atoms with Gasteiger partial charge in [-0.1, -0.05) is 17.7 Å². The second-order valence-corrected chi connectivity index (χ2v) is 7.39. The Bertz CT molecular complexity index is 612. The summed E-state index contributed by atoms with van der Waals surface area (Å²) in [5.41, 5.74) is 3.20. The number of hydrogen-bond acceptors (Lipinski definition) is 2. The van der Waals surface area contributed by atoms with E-state index in [1.54, 1.807) is 0 Å². The van der Waals surface area contributed by atoms with Gasteiger partial charge in [0.2, 0.25) is 11.8 Å². The summed E-state index contributed by atoms with van der Waals surface area (Å²) in [5.74, 6) is 0.594. The van der Waals surface area contributed by atoms with Crippen LogP contribution in [0.1, 0.15) is 49.7 Å². The predicted octanol–water partition coefficient (Wildman–Crippen LogP) is 3.67. The Kier molecular flexibility index (Phi) is 5.22. The minimum Gasteiger partial charge on any atom is -0.342 e. The van der Waals surface area contributed by atoms with Crippen LogP contribution in [-0.4, -0.2) is 29.8 Å². The molecule has 0 spiro atoms. The summed E-state index contributed by atoms with van der Waals surface area (Å²) in [5, 5.41) is 3.07. The van der Waals surface area contributed by atoms with E-state index in [0.29, 0.717) is 5.91 Å². The maximum Gasteiger partial charge on any atom is 0.227 e. The molecule has 3 rings (SSSR count). The first-order chi connectivity index (χ1) is 11.5. The largest absolute Gasteiger partial charge is 0.342 e. The van der Waals surface area contributed by atoms with Gasteiger partial charge in [-0.25, -0.2) is 0 Å². The Hall–Kier alpha value is -1.84. The number of hydrogen-bond donors (Lipinski definition) is 1. The van der Waals surface area contributed by atoms with E-state index in [1.807, 2.05) is 24.0 Å². The van der Waals surface area contributed by atoms with Crippen molar-refractivity contribution in [2.75, 3.05) is 18.4 Å². The topological polar surface area (TPSA) is 49.4 Å². The lowest BCUT2D eigenvalue weighted by Crippen LogP contribution is -2.37. The molecule has 0 aromatic heterocycles. The Morgan fingerprint density at radius 1 is 1.00 bits per heavy atom. The Morgan fingerprint density at radius 3 is 2.25 bits per heavy atom. The number of amides is 2. The van der Waals surface area contributed by atoms with Crippen LogP contribution >= 0.6 is 0 Å². The molecule has 0 bridgehead atoms. The van der Waals surface area contributed by atoms with Crippen LogP contribution in [0.2, 0.25) is 0 Å². The van der Waals surface area contributed by atoms with Crippen molar-refractivity contribution >= 4 is 17.5 Å². The maximum absolute atomic E-state index is 12.5. The fourth-order valence-corrected chi connectivity index (χ4v) is 3.99. The molecule has 2 amide bonds. The van der Waals surface area contributed by atoms with Gasteiger partial charge in [0.1, 0.15) is 0 Å². The van der Waals surface area contributed by atoms with E-state index in [9.17, 15) is 9.59 Å². The number of anilines is 1. The monoisotopic (exact) mass is 328 g/mol. The van der Waals surface area contributed by atoms with Crippen molar-refractivity contribution in [1.29, 1.82) is 0 Å². The first kappa shape index (κ1) is 17.0. The number of benzene rings is 1. The van der Waals surface area contributed by atoms with Crippen LogP contribution in [0.15, 0.2) is 18.2 Å². The quantitative estimate of drug-likeness (QED) is 0.920. The molecule has 1 aliphatic heterocycles. The molecule has 0 unspecified atom stereocenters. The van der Waals surface area contributed by atoms with Gasteiger partial charge < -0.3 is 10.2 Å². The Morgan fingerprint density at radius 2 is 1.62 bits per heavy atom. The molecule has 0 radical (unpaired) electrons. The van der Waals surface area contributed by atoms with Crippen LogP contribution in [0.3, 0.4) is 0 Å². The van der Waals surface area contributed by atoms with Crippen LogP contribution in [0.4, 0.5) is 5.69 Å². The van der Waals surface area contributed by atoms with Gasteiger partial charge >= 0.3 is 0 Å². The third-order valence-electron chi connectivity index (χ3n) is 5.50. The minimum atomic E-state index is 0.0355. The first-order valence-electron chi connectivity index (χ1n) is 9.21. The summed E-state index contributed by atoms with van der Waals surface area (Å²) in [4.78, 5) is 27.0. The Balaban J connectivity index is 1.52. The molecular formula is C20H28N2O2. The normalized spacial score (nSPS) is 24.0. The van der Waals surface area contributed by atoms with Crippen molar-refractivity contribution in [3.05, 3.63) is 29.3 Å². The fraction of sp³-hybridized carbons (Fsp3) is 0.600. The van der Waals surface area contributed by atoms with E-state index in [-0.39, 0.29) is 17.7 Å². The molecule has 1 heterocycles. The highest BCUT2D eigenvalue weighted by Gasteiger charge is 2.32. The number of nitrogens with one attached hydrogen (secondary N) is 1. The SMILES string of the molecule is Cc1ccc(NC(=O)C2CCC(C(=O)N3CCCC3)CC2)c(C)c1. The van der Waals surface area contributed by atoms with Gasteiger partial charge in [-0.05, 0) is 64.0 Å². The average Bonchev–Trinajstić information content (AvgIpc) is 3.11. The molecule has 130 valence electrons. The molecule has 1 N–H and O–H groups in total. The van der Waals surface area contributed by atoms with Crippen LogP contribution < -0.4 is 5.32 Å². The van der Waals surface area contributed by atoms with E-state index in [1.165, 1.54) is 5.56 Å². The molecule has 1 aromatic rings. The molecule has 0 atom stereocenters. The van der Waals surface area contributed by atoms with Crippen molar-refractivity contribution in [3.8, 4) is 0 Å². The minimum absolute atomic E-state index is 0.0355. The highest BCUT2D eigenvalue weighted by molar-refractivity contribution is 5.93. The van der Waals surface area contributed by atoms with Gasteiger partial charge in [-0.15, -0.1) is 0 Å². The summed E-state index contributed by atoms with van der Waals surface area (Å²) in [6.45, 7) is 5.92. The van der Waals surface area contributed by atoms with E-state index >= 15 is 0 Å². The Labute approximate surface area is 144 Å². The zero-order valence-corrected chi connectivity index (χ0v) is 14.8. The highest BCUT2D eigenvalue weighted by Crippen LogP contribution is 2.32. The molecule has 1 aliphatic carbocycles. The van der Waals surface area contributed by atoms with Gasteiger partial charge in [0, 0.05) is 30.6 Å². The molecule has 4 nitrogen and oxygen atoms in total. The van der Waals surface area contributed by atoms with Crippen LogP contribution in [0.5, 0.6) is 0 Å². The van der Waals surface area contributed by atoms with Crippen molar-refractivity contribution in [3.63, 3.8) is 0 Å². The fourth-order valence-electron chi connectivity index (χ4n) is 3.99. The van der Waals surface area contributed by atoms with Gasteiger partial charge in [0.15, 0.2) is 0 Å². The van der Waals surface area contributed by atoms with Gasteiger partial charge in [0.25, 0.3) is 0 Å². The van der Waals surface area contributed by atoms with Crippen molar-refractivity contribution < 1.29 is 9.59 Å². The summed E-state index contributed by atoms with van der Waals surface area (Å²) in [6.07, 6.45) is 5.61. The van der Waals surface area contributed by atoms with Crippen molar-refractivity contribution in [1.82, 2.24) is 4.90 Å². The number of likely N-dealkylation sites (tertiary alicyclic amines) is 1. The van der Waals surface area contributed by atoms with Gasteiger partial charge in [0.05, 0.1) is 0 Å². The van der Waals surface area contributed by atoms with Crippen LogP contribution in [0, 0.1) is 25.7 Å².